The number of carbonyl (C=O) groups is 3. The Morgan fingerprint density at radius 1 is 0.943 bits per heavy atom. The summed E-state index contributed by atoms with van der Waals surface area (Å²) >= 11 is 0. The topological polar surface area (TPSA) is 91.7 Å². The molecule has 0 radical (unpaired) electrons. The summed E-state index contributed by atoms with van der Waals surface area (Å²) in [7, 11) is 0. The van der Waals surface area contributed by atoms with Gasteiger partial charge in [0.25, 0.3) is 0 Å². The van der Waals surface area contributed by atoms with Crippen molar-refractivity contribution in [3.63, 3.8) is 0 Å². The molecule has 5 rings (SSSR count). The summed E-state index contributed by atoms with van der Waals surface area (Å²) in [6.45, 7) is 14.7. The fourth-order valence-corrected chi connectivity index (χ4v) is 10.0. The Bertz CT molecular complexity index is 1040. The van der Waals surface area contributed by atoms with Crippen LogP contribution in [0, 0.1) is 50.2 Å². The number of carboxylic acids is 1. The number of hydrogen-bond acceptors (Lipinski definition) is 4. The second-order valence-electron chi connectivity index (χ2n) is 14.8. The quantitative estimate of drug-likeness (QED) is 0.506. The van der Waals surface area contributed by atoms with E-state index in [1.165, 1.54) is 0 Å². The largest absolute Gasteiger partial charge is 0.481 e. The van der Waals surface area contributed by atoms with Crippen molar-refractivity contribution in [2.45, 2.75) is 106 Å². The molecule has 9 atom stereocenters. The molecule has 0 spiro atoms. The number of rotatable bonds is 1. The second-order valence-corrected chi connectivity index (χ2v) is 14.8. The normalized spacial score (nSPS) is 53.0. The lowest BCUT2D eigenvalue weighted by Gasteiger charge is -2.69. The van der Waals surface area contributed by atoms with E-state index in [1.54, 1.807) is 0 Å². The third kappa shape index (κ3) is 2.88. The van der Waals surface area contributed by atoms with Gasteiger partial charge in [-0.3, -0.25) is 14.4 Å². The first kappa shape index (κ1) is 25.2. The summed E-state index contributed by atoms with van der Waals surface area (Å²) in [5.74, 6) is -0.980. The monoisotopic (exact) mass is 484 g/mol. The fourth-order valence-electron chi connectivity index (χ4n) is 10.0. The maximum atomic E-state index is 14.3. The van der Waals surface area contributed by atoms with Crippen LogP contribution < -0.4 is 0 Å². The highest BCUT2D eigenvalue weighted by molar-refractivity contribution is 6.03. The minimum Gasteiger partial charge on any atom is -0.481 e. The van der Waals surface area contributed by atoms with E-state index in [2.05, 4.69) is 41.5 Å². The van der Waals surface area contributed by atoms with Crippen LogP contribution in [0.1, 0.15) is 99.8 Å². The average molecular weight is 485 g/mol. The number of carboxylic acid groups (broad SMARTS) is 1. The van der Waals surface area contributed by atoms with Crippen LogP contribution in [-0.4, -0.2) is 33.9 Å². The molecule has 4 saturated carbocycles. The number of ketones is 2. The van der Waals surface area contributed by atoms with E-state index in [1.807, 2.05) is 13.0 Å². The van der Waals surface area contributed by atoms with Crippen LogP contribution in [0.4, 0.5) is 0 Å². The molecule has 0 aliphatic heterocycles. The zero-order valence-corrected chi connectivity index (χ0v) is 22.7. The minimum atomic E-state index is -0.809. The summed E-state index contributed by atoms with van der Waals surface area (Å²) in [5, 5.41) is 20.9. The van der Waals surface area contributed by atoms with Gasteiger partial charge in [-0.2, -0.15) is 0 Å². The van der Waals surface area contributed by atoms with Crippen LogP contribution in [0.3, 0.4) is 0 Å². The molecule has 5 aliphatic rings. The molecule has 5 nitrogen and oxygen atoms in total. The lowest BCUT2D eigenvalue weighted by Crippen LogP contribution is -2.69. The molecule has 5 aliphatic carbocycles. The Morgan fingerprint density at radius 3 is 2.20 bits per heavy atom. The van der Waals surface area contributed by atoms with Crippen LogP contribution in [0.5, 0.6) is 0 Å². The van der Waals surface area contributed by atoms with Crippen molar-refractivity contribution in [3.05, 3.63) is 11.6 Å². The number of aliphatic hydroxyl groups is 1. The minimum absolute atomic E-state index is 0.000716. The van der Waals surface area contributed by atoms with Crippen molar-refractivity contribution >= 4 is 17.5 Å². The predicted octanol–water partition coefficient (Wildman–Crippen LogP) is 5.59. The summed E-state index contributed by atoms with van der Waals surface area (Å²) in [4.78, 5) is 40.7. The molecular weight excluding hydrogens is 440 g/mol. The maximum absolute atomic E-state index is 14.3. The smallest absolute Gasteiger partial charge is 0.309 e. The summed E-state index contributed by atoms with van der Waals surface area (Å²) in [5.41, 5.74) is -1.84. The molecule has 4 fully saturated rings. The molecule has 0 aromatic rings. The highest BCUT2D eigenvalue weighted by Crippen LogP contribution is 2.74. The van der Waals surface area contributed by atoms with Crippen LogP contribution in [0.2, 0.25) is 0 Å². The number of carbonyl (C=O) groups excluding carboxylic acids is 2. The third-order valence-corrected chi connectivity index (χ3v) is 12.9. The summed E-state index contributed by atoms with van der Waals surface area (Å²) in [6.07, 6.45) is 7.04. The van der Waals surface area contributed by atoms with E-state index in [0.717, 1.165) is 31.3 Å². The lowest BCUT2D eigenvalue weighted by molar-refractivity contribution is -0.202. The lowest BCUT2D eigenvalue weighted by atomic mass is 9.33. The Balaban J connectivity index is 1.67. The Hall–Kier alpha value is -1.49. The molecule has 9 unspecified atom stereocenters. The SMILES string of the molecule is CC1(C(=O)O)CCC2(C)CCC3(C)C(=CC(=O)C4C5(C)CCC(O)C(C)(C)C5CC(=O)C43C)C2C1. The standard InChI is InChI=1S/C30H44O5/c1-25(2)20-15-22(33)30(7)23(28(20,5)9-8-21(25)32)19(31)14-17-18-16-27(4,24(34)35)11-10-26(18,3)12-13-29(17,30)6/h14,18,20-21,23,32H,8-13,15-16H2,1-7H3,(H,34,35). The van der Waals surface area contributed by atoms with Crippen molar-refractivity contribution in [1.82, 2.24) is 0 Å². The van der Waals surface area contributed by atoms with Crippen LogP contribution in [0.25, 0.3) is 0 Å². The third-order valence-electron chi connectivity index (χ3n) is 12.9. The van der Waals surface area contributed by atoms with Gasteiger partial charge in [-0.25, -0.2) is 0 Å². The number of allylic oxidation sites excluding steroid dienone is 2. The Kier molecular flexibility index (Phi) is 5.09. The molecule has 0 heterocycles. The molecule has 0 bridgehead atoms. The molecular formula is C30H44O5. The van der Waals surface area contributed by atoms with Gasteiger partial charge in [0.1, 0.15) is 5.78 Å². The molecule has 0 aromatic heterocycles. The molecule has 0 amide bonds. The molecule has 194 valence electrons. The van der Waals surface area contributed by atoms with Gasteiger partial charge < -0.3 is 10.2 Å². The Labute approximate surface area is 210 Å². The molecule has 0 aromatic carbocycles. The number of hydrogen-bond donors (Lipinski definition) is 2. The van der Waals surface area contributed by atoms with Gasteiger partial charge in [-0.15, -0.1) is 0 Å². The van der Waals surface area contributed by atoms with E-state index in [4.69, 9.17) is 0 Å². The van der Waals surface area contributed by atoms with E-state index in [-0.39, 0.29) is 34.2 Å². The summed E-state index contributed by atoms with van der Waals surface area (Å²) < 4.78 is 0. The zero-order valence-electron chi connectivity index (χ0n) is 22.7. The molecule has 2 N–H and O–H groups in total. The number of aliphatic carboxylic acids is 1. The van der Waals surface area contributed by atoms with Gasteiger partial charge in [0.15, 0.2) is 5.78 Å². The highest BCUT2D eigenvalue weighted by atomic mass is 16.4. The van der Waals surface area contributed by atoms with Crippen LogP contribution >= 0.6 is 0 Å². The van der Waals surface area contributed by atoms with Gasteiger partial charge in [0, 0.05) is 23.2 Å². The first-order valence-corrected chi connectivity index (χ1v) is 13.7. The van der Waals surface area contributed by atoms with Crippen LogP contribution in [0.15, 0.2) is 11.6 Å². The van der Waals surface area contributed by atoms with Crippen molar-refractivity contribution < 1.29 is 24.6 Å². The summed E-state index contributed by atoms with van der Waals surface area (Å²) in [6, 6.07) is 0. The van der Waals surface area contributed by atoms with Gasteiger partial charge in [0.2, 0.25) is 0 Å². The maximum Gasteiger partial charge on any atom is 0.309 e. The highest BCUT2D eigenvalue weighted by Gasteiger charge is 2.73. The van der Waals surface area contributed by atoms with Gasteiger partial charge in [-0.1, -0.05) is 47.1 Å². The molecule has 0 saturated heterocycles. The van der Waals surface area contributed by atoms with Gasteiger partial charge in [0.05, 0.1) is 11.5 Å². The van der Waals surface area contributed by atoms with Gasteiger partial charge >= 0.3 is 5.97 Å². The van der Waals surface area contributed by atoms with Crippen LogP contribution in [-0.2, 0) is 14.4 Å². The fraction of sp³-hybridized carbons (Fsp3) is 0.833. The van der Waals surface area contributed by atoms with Crippen molar-refractivity contribution in [2.24, 2.45) is 50.2 Å². The first-order valence-electron chi connectivity index (χ1n) is 13.7. The van der Waals surface area contributed by atoms with Gasteiger partial charge in [-0.05, 0) is 86.0 Å². The number of fused-ring (bicyclic) bond motifs is 7. The van der Waals surface area contributed by atoms with Crippen molar-refractivity contribution in [2.75, 3.05) is 0 Å². The second kappa shape index (κ2) is 7.08. The average Bonchev–Trinajstić information content (AvgIpc) is 2.76. The zero-order chi connectivity index (χ0) is 26.0. The van der Waals surface area contributed by atoms with E-state index < -0.39 is 39.7 Å². The van der Waals surface area contributed by atoms with Crippen molar-refractivity contribution in [3.8, 4) is 0 Å². The van der Waals surface area contributed by atoms with E-state index in [0.29, 0.717) is 25.7 Å². The van der Waals surface area contributed by atoms with E-state index in [9.17, 15) is 24.6 Å². The van der Waals surface area contributed by atoms with Crippen molar-refractivity contribution in [1.29, 1.82) is 0 Å². The Morgan fingerprint density at radius 2 is 1.57 bits per heavy atom. The first-order chi connectivity index (χ1) is 16.0. The molecule has 35 heavy (non-hydrogen) atoms. The molecule has 5 heteroatoms. The predicted molar refractivity (Wildman–Crippen MR) is 133 cm³/mol. The van der Waals surface area contributed by atoms with E-state index >= 15 is 0 Å². The number of aliphatic hydroxyl groups excluding tert-OH is 1. The number of Topliss-reactive ketones (excluding diaryl/α,β-unsaturated/α-hetero) is 1.